The Kier molecular flexibility index (Phi) is 5.73. The van der Waals surface area contributed by atoms with Crippen molar-refractivity contribution in [3.05, 3.63) is 54.1 Å². The van der Waals surface area contributed by atoms with Crippen LogP contribution in [0.25, 0.3) is 22.3 Å². The molecule has 8 nitrogen and oxygen atoms in total. The van der Waals surface area contributed by atoms with Gasteiger partial charge in [0.05, 0.1) is 23.9 Å². The van der Waals surface area contributed by atoms with Gasteiger partial charge in [-0.25, -0.2) is 4.98 Å². The van der Waals surface area contributed by atoms with Crippen molar-refractivity contribution in [2.24, 2.45) is 7.05 Å². The minimum atomic E-state index is 0.470. The molecule has 4 aromatic rings. The number of rotatable bonds is 5. The fourth-order valence-electron chi connectivity index (χ4n) is 4.52. The molecule has 34 heavy (non-hydrogen) atoms. The molecule has 3 heterocycles. The molecule has 2 aromatic heterocycles. The Morgan fingerprint density at radius 1 is 0.912 bits per heavy atom. The summed E-state index contributed by atoms with van der Waals surface area (Å²) in [6.45, 7) is 7.70. The molecule has 8 heteroatoms. The second-order valence-electron chi connectivity index (χ2n) is 9.00. The normalized spacial score (nSPS) is 14.3. The molecule has 2 N–H and O–H groups in total. The SMILES string of the molecule is COc1ccccc1N1CCN(c2nc(-c3ccc(C(C)C)cc3)c3c(N)n(C)nc3n2)CC1. The van der Waals surface area contributed by atoms with Crippen molar-refractivity contribution in [2.45, 2.75) is 19.8 Å². The standard InChI is InChI=1S/C26H31N7O/c1-17(2)18-9-11-19(12-10-18)23-22-24(27)31(3)30-25(22)29-26(28-23)33-15-13-32(14-16-33)20-7-5-6-8-21(20)34-4/h5-12,17H,13-16,27H2,1-4H3. The molecule has 0 radical (unpaired) electrons. The second-order valence-corrected chi connectivity index (χ2v) is 9.00. The number of methoxy groups -OCH3 is 1. The van der Waals surface area contributed by atoms with Crippen molar-refractivity contribution in [2.75, 3.05) is 48.8 Å². The summed E-state index contributed by atoms with van der Waals surface area (Å²) in [5.74, 6) is 2.63. The van der Waals surface area contributed by atoms with Crippen molar-refractivity contribution >= 4 is 28.5 Å². The van der Waals surface area contributed by atoms with E-state index in [1.165, 1.54) is 5.56 Å². The topological polar surface area (TPSA) is 85.3 Å². The summed E-state index contributed by atoms with van der Waals surface area (Å²) >= 11 is 0. The molecule has 5 rings (SSSR count). The molecule has 2 aromatic carbocycles. The van der Waals surface area contributed by atoms with Gasteiger partial charge in [0, 0.05) is 38.8 Å². The summed E-state index contributed by atoms with van der Waals surface area (Å²) in [5, 5.41) is 5.37. The van der Waals surface area contributed by atoms with E-state index in [1.807, 2.05) is 25.2 Å². The molecule has 1 saturated heterocycles. The maximum atomic E-state index is 6.38. The zero-order valence-corrected chi connectivity index (χ0v) is 20.2. The van der Waals surface area contributed by atoms with Crippen molar-refractivity contribution in [3.8, 4) is 17.0 Å². The van der Waals surface area contributed by atoms with Gasteiger partial charge in [-0.1, -0.05) is 50.2 Å². The number of aromatic nitrogens is 4. The second kappa shape index (κ2) is 8.85. The molecule has 1 aliphatic heterocycles. The van der Waals surface area contributed by atoms with Crippen LogP contribution in [0.15, 0.2) is 48.5 Å². The molecule has 0 aliphatic carbocycles. The third-order valence-corrected chi connectivity index (χ3v) is 6.57. The number of benzene rings is 2. The number of piperazine rings is 1. The first-order valence-corrected chi connectivity index (χ1v) is 11.7. The molecule has 0 unspecified atom stereocenters. The van der Waals surface area contributed by atoms with Crippen molar-refractivity contribution < 1.29 is 4.74 Å². The molecule has 0 atom stereocenters. The van der Waals surface area contributed by atoms with E-state index in [-0.39, 0.29) is 0 Å². The monoisotopic (exact) mass is 457 g/mol. The quantitative estimate of drug-likeness (QED) is 0.483. The van der Waals surface area contributed by atoms with Gasteiger partial charge < -0.3 is 20.3 Å². The Hall–Kier alpha value is -3.81. The number of hydrogen-bond acceptors (Lipinski definition) is 7. The van der Waals surface area contributed by atoms with Crippen LogP contribution >= 0.6 is 0 Å². The fraction of sp³-hybridized carbons (Fsp3) is 0.346. The number of ether oxygens (including phenoxy) is 1. The van der Waals surface area contributed by atoms with Crippen LogP contribution in [0.4, 0.5) is 17.5 Å². The lowest BCUT2D eigenvalue weighted by molar-refractivity contribution is 0.413. The van der Waals surface area contributed by atoms with Crippen LogP contribution < -0.4 is 20.3 Å². The van der Waals surface area contributed by atoms with Crippen molar-refractivity contribution in [1.29, 1.82) is 0 Å². The summed E-state index contributed by atoms with van der Waals surface area (Å²) in [5.41, 5.74) is 11.3. The molecule has 0 bridgehead atoms. The number of nitrogen functional groups attached to an aromatic ring is 1. The van der Waals surface area contributed by atoms with Gasteiger partial charge >= 0.3 is 0 Å². The van der Waals surface area contributed by atoms with Gasteiger partial charge in [0.2, 0.25) is 5.95 Å². The van der Waals surface area contributed by atoms with Crippen LogP contribution in [0.3, 0.4) is 0 Å². The number of nitrogens with two attached hydrogens (primary N) is 1. The lowest BCUT2D eigenvalue weighted by atomic mass is 10.00. The lowest BCUT2D eigenvalue weighted by Gasteiger charge is -2.36. The largest absolute Gasteiger partial charge is 0.495 e. The summed E-state index contributed by atoms with van der Waals surface area (Å²) in [6, 6.07) is 16.7. The highest BCUT2D eigenvalue weighted by Crippen LogP contribution is 2.33. The number of aryl methyl sites for hydroxylation is 1. The lowest BCUT2D eigenvalue weighted by Crippen LogP contribution is -2.47. The van der Waals surface area contributed by atoms with Gasteiger partial charge in [-0.3, -0.25) is 4.68 Å². The Morgan fingerprint density at radius 3 is 2.26 bits per heavy atom. The molecular weight excluding hydrogens is 426 g/mol. The average molecular weight is 458 g/mol. The van der Waals surface area contributed by atoms with E-state index >= 15 is 0 Å². The number of nitrogens with zero attached hydrogens (tertiary/aromatic N) is 6. The third-order valence-electron chi connectivity index (χ3n) is 6.57. The highest BCUT2D eigenvalue weighted by Gasteiger charge is 2.24. The van der Waals surface area contributed by atoms with Crippen LogP contribution in [-0.2, 0) is 7.05 Å². The van der Waals surface area contributed by atoms with Gasteiger partial charge in [0.1, 0.15) is 11.6 Å². The fourth-order valence-corrected chi connectivity index (χ4v) is 4.52. The number of para-hydroxylation sites is 2. The highest BCUT2D eigenvalue weighted by atomic mass is 16.5. The third kappa shape index (κ3) is 3.89. The van der Waals surface area contributed by atoms with Gasteiger partial charge in [-0.15, -0.1) is 0 Å². The van der Waals surface area contributed by atoms with Crippen molar-refractivity contribution in [1.82, 2.24) is 19.7 Å². The van der Waals surface area contributed by atoms with Crippen LogP contribution in [0.2, 0.25) is 0 Å². The van der Waals surface area contributed by atoms with E-state index in [0.717, 1.165) is 54.3 Å². The van der Waals surface area contributed by atoms with E-state index in [1.54, 1.807) is 11.8 Å². The van der Waals surface area contributed by atoms with Gasteiger partial charge in [-0.05, 0) is 23.6 Å². The molecule has 1 aliphatic rings. The molecule has 0 spiro atoms. The summed E-state index contributed by atoms with van der Waals surface area (Å²) in [4.78, 5) is 14.4. The van der Waals surface area contributed by atoms with Crippen LogP contribution in [-0.4, -0.2) is 53.0 Å². The minimum Gasteiger partial charge on any atom is -0.495 e. The molecule has 176 valence electrons. The van der Waals surface area contributed by atoms with E-state index < -0.39 is 0 Å². The van der Waals surface area contributed by atoms with E-state index in [0.29, 0.717) is 23.3 Å². The van der Waals surface area contributed by atoms with Crippen molar-refractivity contribution in [3.63, 3.8) is 0 Å². The molecule has 1 fully saturated rings. The van der Waals surface area contributed by atoms with E-state index in [9.17, 15) is 0 Å². The zero-order chi connectivity index (χ0) is 23.8. The smallest absolute Gasteiger partial charge is 0.228 e. The van der Waals surface area contributed by atoms with Crippen LogP contribution in [0, 0.1) is 0 Å². The first-order chi connectivity index (χ1) is 16.5. The highest BCUT2D eigenvalue weighted by molar-refractivity contribution is 5.99. The first kappa shape index (κ1) is 22.0. The Labute approximate surface area is 200 Å². The first-order valence-electron chi connectivity index (χ1n) is 11.7. The zero-order valence-electron chi connectivity index (χ0n) is 20.2. The van der Waals surface area contributed by atoms with E-state index in [4.69, 9.17) is 20.4 Å². The summed E-state index contributed by atoms with van der Waals surface area (Å²) in [6.07, 6.45) is 0. The number of anilines is 3. The van der Waals surface area contributed by atoms with Crippen LogP contribution in [0.1, 0.15) is 25.3 Å². The molecule has 0 amide bonds. The Morgan fingerprint density at radius 2 is 1.59 bits per heavy atom. The summed E-state index contributed by atoms with van der Waals surface area (Å²) < 4.78 is 7.23. The van der Waals surface area contributed by atoms with E-state index in [2.05, 4.69) is 59.1 Å². The van der Waals surface area contributed by atoms with Crippen LogP contribution in [0.5, 0.6) is 5.75 Å². The van der Waals surface area contributed by atoms with Gasteiger partial charge in [0.15, 0.2) is 5.65 Å². The minimum absolute atomic E-state index is 0.470. The predicted octanol–water partition coefficient (Wildman–Crippen LogP) is 4.07. The molecular formula is C26H31N7O. The maximum Gasteiger partial charge on any atom is 0.228 e. The summed E-state index contributed by atoms with van der Waals surface area (Å²) in [7, 11) is 3.56. The number of fused-ring (bicyclic) bond motifs is 1. The average Bonchev–Trinajstić information content (AvgIpc) is 3.16. The Bertz CT molecular complexity index is 1300. The molecule has 0 saturated carbocycles. The van der Waals surface area contributed by atoms with Gasteiger partial charge in [0.25, 0.3) is 0 Å². The number of hydrogen-bond donors (Lipinski definition) is 1. The van der Waals surface area contributed by atoms with Gasteiger partial charge in [-0.2, -0.15) is 10.1 Å². The predicted molar refractivity (Wildman–Crippen MR) is 138 cm³/mol. The maximum absolute atomic E-state index is 6.38. The Balaban J connectivity index is 1.48.